The predicted molar refractivity (Wildman–Crippen MR) is 67.7 cm³/mol. The molecule has 2 aliphatic rings. The molecule has 2 saturated heterocycles. The Morgan fingerprint density at radius 2 is 2.05 bits per heavy atom. The first-order chi connectivity index (χ1) is 9.22. The summed E-state index contributed by atoms with van der Waals surface area (Å²) in [5.41, 5.74) is 0.701. The van der Waals surface area contributed by atoms with Crippen molar-refractivity contribution in [1.29, 1.82) is 0 Å². The van der Waals surface area contributed by atoms with E-state index < -0.39 is 0 Å². The Balaban J connectivity index is 1.55. The van der Waals surface area contributed by atoms with Crippen LogP contribution >= 0.6 is 0 Å². The molecular formula is C13H20N2O4. The smallest absolute Gasteiger partial charge is 0.297 e. The average Bonchev–Trinajstić information content (AvgIpc) is 2.85. The molecule has 0 spiro atoms. The van der Waals surface area contributed by atoms with Gasteiger partial charge in [-0.25, -0.2) is 0 Å². The number of oxazole rings is 1. The molecule has 0 amide bonds. The van der Waals surface area contributed by atoms with Crippen LogP contribution in [0.5, 0.6) is 0 Å². The van der Waals surface area contributed by atoms with Crippen LogP contribution in [0.15, 0.2) is 10.7 Å². The number of hydrogen-bond donors (Lipinski definition) is 0. The van der Waals surface area contributed by atoms with Crippen molar-refractivity contribution in [3.05, 3.63) is 12.0 Å². The van der Waals surface area contributed by atoms with Gasteiger partial charge in [0, 0.05) is 26.8 Å². The van der Waals surface area contributed by atoms with E-state index in [-0.39, 0.29) is 12.6 Å². The molecule has 19 heavy (non-hydrogen) atoms. The fourth-order valence-corrected chi connectivity index (χ4v) is 2.45. The third kappa shape index (κ3) is 2.91. The summed E-state index contributed by atoms with van der Waals surface area (Å²) in [4.78, 5) is 6.45. The molecule has 0 aliphatic carbocycles. The van der Waals surface area contributed by atoms with Gasteiger partial charge in [-0.05, 0) is 25.7 Å². The molecular weight excluding hydrogens is 248 g/mol. The van der Waals surface area contributed by atoms with E-state index in [1.165, 1.54) is 0 Å². The van der Waals surface area contributed by atoms with E-state index in [1.54, 1.807) is 6.26 Å². The Morgan fingerprint density at radius 1 is 1.32 bits per heavy atom. The van der Waals surface area contributed by atoms with E-state index in [1.807, 2.05) is 18.9 Å². The largest absolute Gasteiger partial charge is 0.432 e. The summed E-state index contributed by atoms with van der Waals surface area (Å²) in [6.45, 7) is 4.51. The third-order valence-corrected chi connectivity index (χ3v) is 3.58. The van der Waals surface area contributed by atoms with Crippen molar-refractivity contribution >= 4 is 6.01 Å². The van der Waals surface area contributed by atoms with Crippen molar-refractivity contribution in [3.63, 3.8) is 0 Å². The van der Waals surface area contributed by atoms with Crippen molar-refractivity contribution in [1.82, 2.24) is 4.98 Å². The summed E-state index contributed by atoms with van der Waals surface area (Å²) in [7, 11) is 2.00. The molecule has 0 N–H and O–H groups in total. The molecule has 0 bridgehead atoms. The van der Waals surface area contributed by atoms with Crippen molar-refractivity contribution in [2.45, 2.75) is 32.3 Å². The SMILES string of the molecule is CC1OC(c2coc(N(C)CC3CCOCC3)n2)O1. The highest BCUT2D eigenvalue weighted by Crippen LogP contribution is 2.32. The molecule has 1 aromatic heterocycles. The second-order valence-corrected chi connectivity index (χ2v) is 5.16. The lowest BCUT2D eigenvalue weighted by Gasteiger charge is -2.31. The Morgan fingerprint density at radius 3 is 2.74 bits per heavy atom. The first-order valence-corrected chi connectivity index (χ1v) is 6.77. The molecule has 0 aromatic carbocycles. The van der Waals surface area contributed by atoms with Crippen LogP contribution in [0, 0.1) is 5.92 Å². The number of hydrogen-bond acceptors (Lipinski definition) is 6. The number of anilines is 1. The number of rotatable bonds is 4. The average molecular weight is 268 g/mol. The second-order valence-electron chi connectivity index (χ2n) is 5.16. The highest BCUT2D eigenvalue weighted by molar-refractivity contribution is 5.26. The van der Waals surface area contributed by atoms with E-state index in [4.69, 9.17) is 18.6 Å². The van der Waals surface area contributed by atoms with Crippen LogP contribution < -0.4 is 4.90 Å². The van der Waals surface area contributed by atoms with E-state index in [0.29, 0.717) is 17.6 Å². The van der Waals surface area contributed by atoms with E-state index in [0.717, 1.165) is 32.6 Å². The summed E-state index contributed by atoms with van der Waals surface area (Å²) >= 11 is 0. The Hall–Kier alpha value is -1.11. The lowest BCUT2D eigenvalue weighted by molar-refractivity contribution is -0.383. The van der Waals surface area contributed by atoms with Crippen molar-refractivity contribution < 1.29 is 18.6 Å². The maximum Gasteiger partial charge on any atom is 0.297 e. The van der Waals surface area contributed by atoms with Crippen molar-refractivity contribution in [3.8, 4) is 0 Å². The molecule has 0 saturated carbocycles. The van der Waals surface area contributed by atoms with Gasteiger partial charge in [0.15, 0.2) is 6.29 Å². The zero-order valence-corrected chi connectivity index (χ0v) is 11.4. The maximum atomic E-state index is 5.48. The van der Waals surface area contributed by atoms with E-state index in [2.05, 4.69) is 4.98 Å². The van der Waals surface area contributed by atoms with Gasteiger partial charge in [0.1, 0.15) is 12.0 Å². The van der Waals surface area contributed by atoms with Gasteiger partial charge in [-0.2, -0.15) is 4.98 Å². The lowest BCUT2D eigenvalue weighted by Crippen LogP contribution is -2.32. The molecule has 0 radical (unpaired) electrons. The van der Waals surface area contributed by atoms with Gasteiger partial charge in [0.05, 0.1) is 0 Å². The van der Waals surface area contributed by atoms with Crippen LogP contribution in [0.25, 0.3) is 0 Å². The third-order valence-electron chi connectivity index (χ3n) is 3.58. The van der Waals surface area contributed by atoms with Crippen LogP contribution in [-0.4, -0.2) is 38.1 Å². The summed E-state index contributed by atoms with van der Waals surface area (Å²) in [5.74, 6) is 0.644. The van der Waals surface area contributed by atoms with Crippen LogP contribution in [0.2, 0.25) is 0 Å². The van der Waals surface area contributed by atoms with Crippen LogP contribution in [-0.2, 0) is 14.2 Å². The lowest BCUT2D eigenvalue weighted by atomic mass is 10.0. The first kappa shape index (κ1) is 12.9. The Labute approximate surface area is 112 Å². The molecule has 6 heteroatoms. The molecule has 0 atom stereocenters. The second kappa shape index (κ2) is 5.48. The molecule has 3 rings (SSSR count). The molecule has 2 fully saturated rings. The molecule has 2 aliphatic heterocycles. The Bertz CT molecular complexity index is 411. The summed E-state index contributed by atoms with van der Waals surface area (Å²) < 4.78 is 21.6. The summed E-state index contributed by atoms with van der Waals surface area (Å²) in [5, 5.41) is 0. The fourth-order valence-electron chi connectivity index (χ4n) is 2.45. The highest BCUT2D eigenvalue weighted by Gasteiger charge is 2.31. The van der Waals surface area contributed by atoms with Gasteiger partial charge < -0.3 is 23.5 Å². The predicted octanol–water partition coefficient (Wildman–Crippen LogP) is 1.93. The molecule has 1 aromatic rings. The van der Waals surface area contributed by atoms with Crippen LogP contribution in [0.1, 0.15) is 31.7 Å². The molecule has 6 nitrogen and oxygen atoms in total. The Kier molecular flexibility index (Phi) is 3.72. The minimum absolute atomic E-state index is 0.148. The maximum absolute atomic E-state index is 5.48. The normalized spacial score (nSPS) is 28.1. The van der Waals surface area contributed by atoms with Crippen LogP contribution in [0.4, 0.5) is 6.01 Å². The zero-order chi connectivity index (χ0) is 13.2. The van der Waals surface area contributed by atoms with Crippen molar-refractivity contribution in [2.75, 3.05) is 31.7 Å². The minimum Gasteiger partial charge on any atom is -0.432 e. The van der Waals surface area contributed by atoms with Gasteiger partial charge in [0.2, 0.25) is 6.29 Å². The monoisotopic (exact) mass is 268 g/mol. The number of nitrogens with zero attached hydrogens (tertiary/aromatic N) is 2. The standard InChI is InChI=1S/C13H20N2O4/c1-9-18-12(19-9)11-8-17-13(14-11)15(2)7-10-3-5-16-6-4-10/h8-10,12H,3-7H2,1-2H3. The van der Waals surface area contributed by atoms with Gasteiger partial charge in [-0.15, -0.1) is 0 Å². The molecule has 3 heterocycles. The number of aromatic nitrogens is 1. The number of ether oxygens (including phenoxy) is 3. The van der Waals surface area contributed by atoms with Gasteiger partial charge in [-0.3, -0.25) is 0 Å². The zero-order valence-electron chi connectivity index (χ0n) is 11.4. The fraction of sp³-hybridized carbons (Fsp3) is 0.769. The van der Waals surface area contributed by atoms with E-state index in [9.17, 15) is 0 Å². The quantitative estimate of drug-likeness (QED) is 0.831. The van der Waals surface area contributed by atoms with Gasteiger partial charge in [-0.1, -0.05) is 0 Å². The van der Waals surface area contributed by atoms with Gasteiger partial charge >= 0.3 is 0 Å². The van der Waals surface area contributed by atoms with Crippen LogP contribution in [0.3, 0.4) is 0 Å². The minimum atomic E-state index is -0.371. The van der Waals surface area contributed by atoms with Crippen molar-refractivity contribution in [2.24, 2.45) is 5.92 Å². The molecule has 0 unspecified atom stereocenters. The highest BCUT2D eigenvalue weighted by atomic mass is 16.9. The van der Waals surface area contributed by atoms with E-state index >= 15 is 0 Å². The van der Waals surface area contributed by atoms with Gasteiger partial charge in [0.25, 0.3) is 6.01 Å². The summed E-state index contributed by atoms with van der Waals surface area (Å²) in [6, 6.07) is 0.619. The topological polar surface area (TPSA) is 57.0 Å². The first-order valence-electron chi connectivity index (χ1n) is 6.77. The molecule has 106 valence electrons. The summed E-state index contributed by atoms with van der Waals surface area (Å²) in [6.07, 6.45) is 3.29.